The van der Waals surface area contributed by atoms with Crippen LogP contribution in [0.2, 0.25) is 0 Å². The van der Waals surface area contributed by atoms with Gasteiger partial charge in [-0.2, -0.15) is 0 Å². The highest BCUT2D eigenvalue weighted by Crippen LogP contribution is 2.18. The summed E-state index contributed by atoms with van der Waals surface area (Å²) in [5, 5.41) is 4.63. The van der Waals surface area contributed by atoms with Crippen molar-refractivity contribution in [1.82, 2.24) is 14.4 Å². The van der Waals surface area contributed by atoms with E-state index in [0.717, 1.165) is 29.1 Å². The van der Waals surface area contributed by atoms with E-state index < -0.39 is 0 Å². The van der Waals surface area contributed by atoms with Gasteiger partial charge in [-0.05, 0) is 36.4 Å². The fraction of sp³-hybridized carbons (Fsp3) is 0.0625. The lowest BCUT2D eigenvalue weighted by Gasteiger charge is -2.04. The fourth-order valence-corrected chi connectivity index (χ4v) is 2.43. The van der Waals surface area contributed by atoms with Gasteiger partial charge in [-0.25, -0.2) is 4.98 Å². The molecule has 0 aliphatic carbocycles. The number of imidazole rings is 1. The van der Waals surface area contributed by atoms with Gasteiger partial charge in [-0.1, -0.05) is 6.07 Å². The summed E-state index contributed by atoms with van der Waals surface area (Å²) in [6.45, 7) is 0.720. The zero-order valence-electron chi connectivity index (χ0n) is 10.9. The number of benzene rings is 1. The normalized spacial score (nSPS) is 11.2. The molecule has 2 N–H and O–H groups in total. The molecular formula is C16H14N4. The minimum atomic E-state index is 0.720. The van der Waals surface area contributed by atoms with Crippen LogP contribution in [-0.2, 0) is 6.54 Å². The average molecular weight is 262 g/mol. The summed E-state index contributed by atoms with van der Waals surface area (Å²) in [7, 11) is 0. The second kappa shape index (κ2) is 4.42. The molecule has 0 radical (unpaired) electrons. The van der Waals surface area contributed by atoms with Crippen LogP contribution in [0.4, 0.5) is 5.69 Å². The van der Waals surface area contributed by atoms with Crippen molar-refractivity contribution in [3.05, 3.63) is 66.7 Å². The highest BCUT2D eigenvalue weighted by atomic mass is 15.0. The Morgan fingerprint density at radius 2 is 2.15 bits per heavy atom. The summed E-state index contributed by atoms with van der Waals surface area (Å²) in [5.74, 6) is 0. The van der Waals surface area contributed by atoms with Gasteiger partial charge in [0.15, 0.2) is 0 Å². The van der Waals surface area contributed by atoms with E-state index in [1.165, 1.54) is 5.39 Å². The molecule has 0 fully saturated rings. The molecular weight excluding hydrogens is 248 g/mol. The fourth-order valence-electron chi connectivity index (χ4n) is 2.43. The van der Waals surface area contributed by atoms with Crippen molar-refractivity contribution in [1.29, 1.82) is 0 Å². The van der Waals surface area contributed by atoms with Crippen molar-refractivity contribution < 1.29 is 0 Å². The molecule has 0 unspecified atom stereocenters. The summed E-state index contributed by atoms with van der Waals surface area (Å²) >= 11 is 0. The lowest BCUT2D eigenvalue weighted by Crippen LogP contribution is -1.99. The Morgan fingerprint density at radius 1 is 1.15 bits per heavy atom. The maximum Gasteiger partial charge on any atom is 0.137 e. The van der Waals surface area contributed by atoms with Crippen LogP contribution in [0, 0.1) is 0 Å². The number of nitrogens with one attached hydrogen (secondary N) is 2. The first-order chi connectivity index (χ1) is 9.88. The van der Waals surface area contributed by atoms with E-state index in [-0.39, 0.29) is 0 Å². The summed E-state index contributed by atoms with van der Waals surface area (Å²) in [6.07, 6.45) is 6.02. The number of aromatic amines is 1. The van der Waals surface area contributed by atoms with Crippen LogP contribution in [0.1, 0.15) is 5.69 Å². The molecule has 0 amide bonds. The monoisotopic (exact) mass is 262 g/mol. The molecule has 4 heteroatoms. The molecule has 98 valence electrons. The topological polar surface area (TPSA) is 45.1 Å². The zero-order valence-corrected chi connectivity index (χ0v) is 10.9. The first-order valence-electron chi connectivity index (χ1n) is 6.62. The Kier molecular flexibility index (Phi) is 2.45. The Morgan fingerprint density at radius 3 is 3.10 bits per heavy atom. The van der Waals surface area contributed by atoms with E-state index in [1.807, 2.05) is 35.0 Å². The minimum absolute atomic E-state index is 0.720. The van der Waals surface area contributed by atoms with E-state index in [2.05, 4.69) is 45.7 Å². The van der Waals surface area contributed by atoms with Gasteiger partial charge in [0.25, 0.3) is 0 Å². The first kappa shape index (κ1) is 11.1. The van der Waals surface area contributed by atoms with Crippen LogP contribution < -0.4 is 5.32 Å². The predicted octanol–water partition coefficient (Wildman–Crippen LogP) is 3.43. The largest absolute Gasteiger partial charge is 0.379 e. The van der Waals surface area contributed by atoms with Crippen LogP contribution >= 0.6 is 0 Å². The average Bonchev–Trinajstić information content (AvgIpc) is 3.10. The van der Waals surface area contributed by atoms with Crippen molar-refractivity contribution in [2.45, 2.75) is 6.54 Å². The SMILES string of the molecule is c1ccn2cc(CNc3ccc4[nH]ccc4c3)nc2c1. The highest BCUT2D eigenvalue weighted by molar-refractivity contribution is 5.82. The quantitative estimate of drug-likeness (QED) is 0.594. The molecule has 1 aromatic carbocycles. The van der Waals surface area contributed by atoms with Crippen LogP contribution in [-0.4, -0.2) is 14.4 Å². The second-order valence-corrected chi connectivity index (χ2v) is 4.83. The van der Waals surface area contributed by atoms with Gasteiger partial charge in [-0.15, -0.1) is 0 Å². The Hall–Kier alpha value is -2.75. The molecule has 4 nitrogen and oxygen atoms in total. The number of nitrogens with zero attached hydrogens (tertiary/aromatic N) is 2. The molecule has 20 heavy (non-hydrogen) atoms. The van der Waals surface area contributed by atoms with E-state index in [9.17, 15) is 0 Å². The minimum Gasteiger partial charge on any atom is -0.379 e. The summed E-state index contributed by atoms with van der Waals surface area (Å²) in [6, 6.07) is 14.4. The molecule has 0 saturated carbocycles. The van der Waals surface area contributed by atoms with Gasteiger partial charge in [-0.3, -0.25) is 0 Å². The third-order valence-corrected chi connectivity index (χ3v) is 3.44. The van der Waals surface area contributed by atoms with Gasteiger partial charge in [0.05, 0.1) is 12.2 Å². The van der Waals surface area contributed by atoms with Crippen LogP contribution in [0.3, 0.4) is 0 Å². The smallest absolute Gasteiger partial charge is 0.137 e. The molecule has 0 aliphatic heterocycles. The third kappa shape index (κ3) is 1.91. The van der Waals surface area contributed by atoms with Gasteiger partial charge in [0.1, 0.15) is 5.65 Å². The van der Waals surface area contributed by atoms with E-state index in [1.54, 1.807) is 0 Å². The van der Waals surface area contributed by atoms with Gasteiger partial charge in [0.2, 0.25) is 0 Å². The van der Waals surface area contributed by atoms with E-state index >= 15 is 0 Å². The second-order valence-electron chi connectivity index (χ2n) is 4.83. The van der Waals surface area contributed by atoms with Crippen molar-refractivity contribution in [3.63, 3.8) is 0 Å². The lowest BCUT2D eigenvalue weighted by molar-refractivity contribution is 1.08. The molecule has 0 saturated heterocycles. The summed E-state index contributed by atoms with van der Waals surface area (Å²) in [5.41, 5.74) is 4.27. The third-order valence-electron chi connectivity index (χ3n) is 3.44. The molecule has 0 aliphatic rings. The number of rotatable bonds is 3. The van der Waals surface area contributed by atoms with Gasteiger partial charge < -0.3 is 14.7 Å². The first-order valence-corrected chi connectivity index (χ1v) is 6.62. The molecule has 3 heterocycles. The highest BCUT2D eigenvalue weighted by Gasteiger charge is 2.01. The van der Waals surface area contributed by atoms with E-state index in [0.29, 0.717) is 0 Å². The molecule has 3 aromatic heterocycles. The van der Waals surface area contributed by atoms with Crippen LogP contribution in [0.5, 0.6) is 0 Å². The Labute approximate surface area is 116 Å². The van der Waals surface area contributed by atoms with Crippen LogP contribution in [0.15, 0.2) is 61.1 Å². The summed E-state index contributed by atoms with van der Waals surface area (Å²) < 4.78 is 2.03. The predicted molar refractivity (Wildman–Crippen MR) is 80.8 cm³/mol. The molecule has 4 aromatic rings. The number of pyridine rings is 1. The Bertz CT molecular complexity index is 837. The number of hydrogen-bond acceptors (Lipinski definition) is 2. The van der Waals surface area contributed by atoms with Crippen molar-refractivity contribution in [2.75, 3.05) is 5.32 Å². The van der Waals surface area contributed by atoms with Crippen molar-refractivity contribution in [2.24, 2.45) is 0 Å². The molecule has 0 atom stereocenters. The standard InChI is InChI=1S/C16H14N4/c1-2-8-20-11-14(19-16(20)3-1)10-18-13-4-5-15-12(9-13)6-7-17-15/h1-9,11,17-18H,10H2. The number of anilines is 1. The lowest BCUT2D eigenvalue weighted by atomic mass is 10.2. The summed E-state index contributed by atoms with van der Waals surface area (Å²) in [4.78, 5) is 7.77. The number of hydrogen-bond donors (Lipinski definition) is 2. The van der Waals surface area contributed by atoms with Gasteiger partial charge in [0, 0.05) is 35.2 Å². The maximum atomic E-state index is 4.57. The number of aromatic nitrogens is 3. The van der Waals surface area contributed by atoms with Crippen LogP contribution in [0.25, 0.3) is 16.6 Å². The molecule has 0 spiro atoms. The molecule has 0 bridgehead atoms. The number of H-pyrrole nitrogens is 1. The van der Waals surface area contributed by atoms with E-state index in [4.69, 9.17) is 0 Å². The van der Waals surface area contributed by atoms with Gasteiger partial charge >= 0.3 is 0 Å². The zero-order chi connectivity index (χ0) is 13.4. The number of fused-ring (bicyclic) bond motifs is 2. The Balaban J connectivity index is 1.56. The molecule has 4 rings (SSSR count). The maximum absolute atomic E-state index is 4.57. The van der Waals surface area contributed by atoms with Crippen molar-refractivity contribution >= 4 is 22.2 Å². The van der Waals surface area contributed by atoms with Crippen molar-refractivity contribution in [3.8, 4) is 0 Å².